The summed E-state index contributed by atoms with van der Waals surface area (Å²) in [4.78, 5) is 68.1. The Hall–Kier alpha value is -6.23. The summed E-state index contributed by atoms with van der Waals surface area (Å²) >= 11 is 3.50. The second-order valence-electron chi connectivity index (χ2n) is 14.8. The van der Waals surface area contributed by atoms with E-state index in [4.69, 9.17) is 42.6 Å². The molecule has 64 heavy (non-hydrogen) atoms. The van der Waals surface area contributed by atoms with Crippen LogP contribution < -0.4 is 0 Å². The second-order valence-corrected chi connectivity index (χ2v) is 15.7. The zero-order chi connectivity index (χ0) is 45.0. The highest BCUT2D eigenvalue weighted by molar-refractivity contribution is 9.09. The summed E-state index contributed by atoms with van der Waals surface area (Å²) in [5, 5.41) is -0.850. The molecule has 14 nitrogen and oxygen atoms in total. The van der Waals surface area contributed by atoms with Gasteiger partial charge in [-0.05, 0) is 61.0 Å². The summed E-state index contributed by atoms with van der Waals surface area (Å²) in [5.41, 5.74) is 1.41. The third-order valence-electron chi connectivity index (χ3n) is 10.3. The Bertz CT molecular complexity index is 2320. The number of rotatable bonds is 15. The molecular weight excluding hydrogens is 892 g/mol. The molecule has 0 aliphatic carbocycles. The monoisotopic (exact) mass is 936 g/mol. The van der Waals surface area contributed by atoms with Crippen LogP contribution >= 0.6 is 15.9 Å². The molecule has 2 saturated heterocycles. The molecule has 0 bridgehead atoms. The highest BCUT2D eigenvalue weighted by atomic mass is 79.9. The van der Waals surface area contributed by atoms with Gasteiger partial charge in [-0.2, -0.15) is 0 Å². The van der Waals surface area contributed by atoms with E-state index >= 15 is 0 Å². The second kappa shape index (κ2) is 21.9. The fourth-order valence-corrected chi connectivity index (χ4v) is 7.96. The third-order valence-corrected chi connectivity index (χ3v) is 11.1. The molecule has 2 aliphatic rings. The van der Waals surface area contributed by atoms with Gasteiger partial charge in [-0.25, -0.2) is 19.2 Å². The molecule has 0 N–H and O–H groups in total. The van der Waals surface area contributed by atoms with Crippen molar-refractivity contribution in [2.75, 3.05) is 6.61 Å². The molecule has 332 valence electrons. The lowest BCUT2D eigenvalue weighted by molar-refractivity contribution is -0.336. The highest BCUT2D eigenvalue weighted by Crippen LogP contribution is 2.37. The number of ether oxygens (including phenoxy) is 9. The number of hydrogen-bond acceptors (Lipinski definition) is 14. The first-order valence-corrected chi connectivity index (χ1v) is 21.4. The average Bonchev–Trinajstić information content (AvgIpc) is 3.32. The van der Waals surface area contributed by atoms with Crippen molar-refractivity contribution in [2.45, 2.75) is 80.6 Å². The fourth-order valence-electron chi connectivity index (χ4n) is 7.21. The molecule has 0 spiro atoms. The van der Waals surface area contributed by atoms with Crippen molar-refractivity contribution in [1.29, 1.82) is 0 Å². The van der Waals surface area contributed by atoms with Crippen molar-refractivity contribution >= 4 is 45.8 Å². The molecule has 0 radical (unpaired) electrons. The predicted octanol–water partition coefficient (Wildman–Crippen LogP) is 7.29. The van der Waals surface area contributed by atoms with E-state index in [2.05, 4.69) is 15.9 Å². The molecule has 0 saturated carbocycles. The number of esters is 5. The zero-order valence-corrected chi connectivity index (χ0v) is 36.3. The van der Waals surface area contributed by atoms with Crippen molar-refractivity contribution in [3.05, 3.63) is 179 Å². The fraction of sp³-hybridized carbons (Fsp3) is 0.286. The van der Waals surface area contributed by atoms with Gasteiger partial charge in [-0.1, -0.05) is 119 Å². The molecule has 0 amide bonds. The topological polar surface area (TPSA) is 168 Å². The van der Waals surface area contributed by atoms with Gasteiger partial charge >= 0.3 is 29.8 Å². The van der Waals surface area contributed by atoms with E-state index in [0.29, 0.717) is 0 Å². The summed E-state index contributed by atoms with van der Waals surface area (Å²) in [5.74, 6) is -3.95. The first-order valence-electron chi connectivity index (χ1n) is 20.5. The molecular formula is C49H45BrO14. The van der Waals surface area contributed by atoms with Crippen LogP contribution in [0.2, 0.25) is 0 Å². The summed E-state index contributed by atoms with van der Waals surface area (Å²) in [6.45, 7) is 2.44. The molecule has 5 aromatic carbocycles. The molecule has 10 atom stereocenters. The van der Waals surface area contributed by atoms with Crippen LogP contribution in [0.25, 0.3) is 0 Å². The van der Waals surface area contributed by atoms with Crippen molar-refractivity contribution < 1.29 is 66.6 Å². The highest BCUT2D eigenvalue weighted by Gasteiger charge is 2.56. The first kappa shape index (κ1) is 45.8. The number of halogens is 1. The van der Waals surface area contributed by atoms with E-state index in [0.717, 1.165) is 5.56 Å². The normalized spacial score (nSPS) is 25.2. The Morgan fingerprint density at radius 3 is 1.42 bits per heavy atom. The van der Waals surface area contributed by atoms with Crippen molar-refractivity contribution in [1.82, 2.24) is 0 Å². The van der Waals surface area contributed by atoms with Crippen LogP contribution in [0.5, 0.6) is 0 Å². The van der Waals surface area contributed by atoms with Gasteiger partial charge in [0.15, 0.2) is 35.7 Å². The number of carbonyl (C=O) groups excluding carboxylic acids is 5. The van der Waals surface area contributed by atoms with E-state index < -0.39 is 96.6 Å². The van der Waals surface area contributed by atoms with Crippen LogP contribution in [0.3, 0.4) is 0 Å². The summed E-state index contributed by atoms with van der Waals surface area (Å²) in [6.07, 6.45) is -12.2. The first-order chi connectivity index (χ1) is 31.0. The molecule has 2 aliphatic heterocycles. The van der Waals surface area contributed by atoms with Gasteiger partial charge in [0.25, 0.3) is 0 Å². The van der Waals surface area contributed by atoms with E-state index in [1.165, 1.54) is 43.3 Å². The molecule has 0 unspecified atom stereocenters. The standard InChI is InChI=1S/C49H45BrO14/c1-30-38(40(42(44(50)58-30)59-31(2)51)56-28-32-18-8-3-9-19-32)64-49-43(63-48(55)36-26-16-7-17-27-36)41(62-47(54)35-24-14-6-15-25-35)39(61-46(53)34-22-12-5-13-23-34)37(60-49)29-57-45(52)33-20-10-4-11-21-33/h3-27,30,37-44,49H,28-29H2,1-2H3/t30-,37+,38-,39-,40+,41-,42+,43+,44+,49-/m0/s1. The zero-order valence-electron chi connectivity index (χ0n) is 34.7. The maximum absolute atomic E-state index is 14.1. The Morgan fingerprint density at radius 2 is 0.938 bits per heavy atom. The molecule has 5 aromatic rings. The molecule has 2 fully saturated rings. The molecule has 0 aromatic heterocycles. The summed E-state index contributed by atoms with van der Waals surface area (Å²) < 4.78 is 56.2. The van der Waals surface area contributed by atoms with Crippen LogP contribution in [0, 0.1) is 0 Å². The maximum Gasteiger partial charge on any atom is 0.338 e. The van der Waals surface area contributed by atoms with Gasteiger partial charge in [0.1, 0.15) is 24.9 Å². The minimum absolute atomic E-state index is 0.0560. The van der Waals surface area contributed by atoms with Crippen LogP contribution in [-0.2, 0) is 54.0 Å². The molecule has 15 heteroatoms. The van der Waals surface area contributed by atoms with Crippen molar-refractivity contribution in [2.24, 2.45) is 0 Å². The minimum Gasteiger partial charge on any atom is -0.459 e. The van der Waals surface area contributed by atoms with Crippen LogP contribution in [-0.4, -0.2) is 96.6 Å². The number of benzene rings is 5. The van der Waals surface area contributed by atoms with Gasteiger partial charge in [-0.3, -0.25) is 4.79 Å². The Morgan fingerprint density at radius 1 is 0.500 bits per heavy atom. The third kappa shape index (κ3) is 11.7. The van der Waals surface area contributed by atoms with Crippen LogP contribution in [0.1, 0.15) is 60.8 Å². The lowest BCUT2D eigenvalue weighted by Crippen LogP contribution is -2.66. The molecule has 7 rings (SSSR count). The van der Waals surface area contributed by atoms with E-state index in [1.54, 1.807) is 91.9 Å². The van der Waals surface area contributed by atoms with Crippen molar-refractivity contribution in [3.8, 4) is 0 Å². The predicted molar refractivity (Wildman–Crippen MR) is 231 cm³/mol. The largest absolute Gasteiger partial charge is 0.459 e. The Kier molecular flexibility index (Phi) is 15.7. The minimum atomic E-state index is -1.69. The van der Waals surface area contributed by atoms with Gasteiger partial charge in [0, 0.05) is 6.92 Å². The van der Waals surface area contributed by atoms with Crippen LogP contribution in [0.15, 0.2) is 152 Å². The average molecular weight is 938 g/mol. The van der Waals surface area contributed by atoms with E-state index in [-0.39, 0.29) is 28.9 Å². The summed E-state index contributed by atoms with van der Waals surface area (Å²) in [6, 6.07) is 41.6. The lowest BCUT2D eigenvalue weighted by Gasteiger charge is -2.48. The SMILES string of the molecule is CC(=O)O[C@@H]1[C@H](OCc2ccccc2)[C@@H](O[C@@H]2O[C@H](COC(=O)c3ccccc3)[C@H](OC(=O)c3ccccc3)[C@H](OC(=O)c3ccccc3)[C@H]2OC(=O)c2ccccc2)[C@H](C)O[C@H]1Br. The maximum atomic E-state index is 14.1. The quantitative estimate of drug-likeness (QED) is 0.0583. The number of hydrogen-bond donors (Lipinski definition) is 0. The Labute approximate surface area is 377 Å². The summed E-state index contributed by atoms with van der Waals surface area (Å²) in [7, 11) is 0. The smallest absolute Gasteiger partial charge is 0.338 e. The van der Waals surface area contributed by atoms with Gasteiger partial charge in [0.05, 0.1) is 35.0 Å². The van der Waals surface area contributed by atoms with Gasteiger partial charge in [-0.15, -0.1) is 0 Å². The number of alkyl halides is 1. The van der Waals surface area contributed by atoms with Crippen molar-refractivity contribution in [3.63, 3.8) is 0 Å². The van der Waals surface area contributed by atoms with Gasteiger partial charge < -0.3 is 42.6 Å². The van der Waals surface area contributed by atoms with E-state index in [9.17, 15) is 24.0 Å². The lowest BCUT2D eigenvalue weighted by atomic mass is 9.96. The van der Waals surface area contributed by atoms with Crippen LogP contribution in [0.4, 0.5) is 0 Å². The molecule has 2 heterocycles. The number of carbonyl (C=O) groups is 5. The van der Waals surface area contributed by atoms with E-state index in [1.807, 2.05) is 30.3 Å². The Balaban J connectivity index is 1.32. The van der Waals surface area contributed by atoms with Gasteiger partial charge in [0.2, 0.25) is 0 Å².